The molecule has 0 atom stereocenters. The Hall–Kier alpha value is -3.75. The number of carbonyl (C=O) groups excluding carboxylic acids is 3. The van der Waals surface area contributed by atoms with Crippen LogP contribution in [0.25, 0.3) is 0 Å². The molecule has 9 heteroatoms. The van der Waals surface area contributed by atoms with E-state index >= 15 is 0 Å². The van der Waals surface area contributed by atoms with Crippen LogP contribution in [0, 0.1) is 0 Å². The quantitative estimate of drug-likeness (QED) is 0.608. The molecule has 0 aromatic heterocycles. The molecular formula is C23H27N3O6. The maximum absolute atomic E-state index is 12.4. The molecule has 9 nitrogen and oxygen atoms in total. The molecule has 1 heterocycles. The Balaban J connectivity index is 1.45. The lowest BCUT2D eigenvalue weighted by atomic mass is 10.1. The number of alkyl carbamates (subject to hydrolysis) is 1. The Morgan fingerprint density at radius 2 is 1.78 bits per heavy atom. The van der Waals surface area contributed by atoms with Crippen LogP contribution in [0.2, 0.25) is 0 Å². The van der Waals surface area contributed by atoms with Crippen molar-refractivity contribution in [3.63, 3.8) is 0 Å². The number of nitrogens with one attached hydrogen (secondary N) is 3. The second-order valence-electron chi connectivity index (χ2n) is 8.18. The van der Waals surface area contributed by atoms with Crippen LogP contribution in [0.3, 0.4) is 0 Å². The predicted molar refractivity (Wildman–Crippen MR) is 118 cm³/mol. The van der Waals surface area contributed by atoms with Gasteiger partial charge in [0.25, 0.3) is 5.91 Å². The van der Waals surface area contributed by atoms with Crippen LogP contribution >= 0.6 is 0 Å². The third-order valence-corrected chi connectivity index (χ3v) is 4.32. The first-order valence-corrected chi connectivity index (χ1v) is 10.2. The number of amides is 3. The zero-order valence-corrected chi connectivity index (χ0v) is 18.3. The zero-order chi connectivity index (χ0) is 23.1. The lowest BCUT2D eigenvalue weighted by molar-refractivity contribution is -0.116. The topological polar surface area (TPSA) is 115 Å². The van der Waals surface area contributed by atoms with Gasteiger partial charge in [-0.25, -0.2) is 4.79 Å². The summed E-state index contributed by atoms with van der Waals surface area (Å²) in [7, 11) is 0. The maximum Gasteiger partial charge on any atom is 0.407 e. The van der Waals surface area contributed by atoms with Crippen LogP contribution in [0.5, 0.6) is 11.5 Å². The van der Waals surface area contributed by atoms with Gasteiger partial charge in [0.2, 0.25) is 12.7 Å². The van der Waals surface area contributed by atoms with E-state index in [1.54, 1.807) is 57.2 Å². The molecule has 2 aromatic rings. The van der Waals surface area contributed by atoms with Gasteiger partial charge in [-0.2, -0.15) is 0 Å². The number of fused-ring (bicyclic) bond motifs is 1. The summed E-state index contributed by atoms with van der Waals surface area (Å²) in [5.74, 6) is 0.670. The molecule has 3 amide bonds. The molecule has 0 radical (unpaired) electrons. The van der Waals surface area contributed by atoms with Crippen LogP contribution in [0.1, 0.15) is 43.1 Å². The molecule has 0 saturated carbocycles. The van der Waals surface area contributed by atoms with E-state index in [0.717, 1.165) is 5.56 Å². The lowest BCUT2D eigenvalue weighted by Crippen LogP contribution is -2.34. The molecule has 170 valence electrons. The molecule has 0 unspecified atom stereocenters. The van der Waals surface area contributed by atoms with E-state index in [4.69, 9.17) is 14.2 Å². The number of ether oxygens (including phenoxy) is 3. The summed E-state index contributed by atoms with van der Waals surface area (Å²) in [5.41, 5.74) is 1.30. The summed E-state index contributed by atoms with van der Waals surface area (Å²) in [6, 6.07) is 12.2. The SMILES string of the molecule is CC(C)(C)OC(=O)NCCC(=O)Nc1cccc(CNC(=O)c2ccc3c(c2)OCO3)c1. The first-order valence-electron chi connectivity index (χ1n) is 10.2. The molecule has 3 rings (SSSR count). The fourth-order valence-electron chi connectivity index (χ4n) is 2.90. The molecule has 2 aromatic carbocycles. The van der Waals surface area contributed by atoms with Crippen molar-refractivity contribution in [1.82, 2.24) is 10.6 Å². The molecule has 1 aliphatic heterocycles. The van der Waals surface area contributed by atoms with E-state index in [1.165, 1.54) is 0 Å². The average molecular weight is 441 g/mol. The van der Waals surface area contributed by atoms with Gasteiger partial charge in [0.05, 0.1) is 0 Å². The summed E-state index contributed by atoms with van der Waals surface area (Å²) < 4.78 is 15.7. The van der Waals surface area contributed by atoms with Crippen molar-refractivity contribution in [2.24, 2.45) is 0 Å². The highest BCUT2D eigenvalue weighted by atomic mass is 16.7. The number of benzene rings is 2. The van der Waals surface area contributed by atoms with Crippen LogP contribution in [0.15, 0.2) is 42.5 Å². The van der Waals surface area contributed by atoms with Gasteiger partial charge < -0.3 is 30.2 Å². The highest BCUT2D eigenvalue weighted by Crippen LogP contribution is 2.32. The fraction of sp³-hybridized carbons (Fsp3) is 0.348. The van der Waals surface area contributed by atoms with Crippen LogP contribution in [0.4, 0.5) is 10.5 Å². The molecule has 0 bridgehead atoms. The number of rotatable bonds is 7. The fourth-order valence-corrected chi connectivity index (χ4v) is 2.90. The third kappa shape index (κ3) is 6.90. The molecular weight excluding hydrogens is 414 g/mol. The zero-order valence-electron chi connectivity index (χ0n) is 18.3. The minimum Gasteiger partial charge on any atom is -0.454 e. The number of anilines is 1. The molecule has 1 aliphatic rings. The van der Waals surface area contributed by atoms with E-state index in [0.29, 0.717) is 22.7 Å². The van der Waals surface area contributed by atoms with Crippen LogP contribution in [-0.2, 0) is 16.1 Å². The molecule has 32 heavy (non-hydrogen) atoms. The molecule has 3 N–H and O–H groups in total. The highest BCUT2D eigenvalue weighted by molar-refractivity contribution is 5.95. The minimum atomic E-state index is -0.592. The predicted octanol–water partition coefficient (Wildman–Crippen LogP) is 3.20. The van der Waals surface area contributed by atoms with Crippen molar-refractivity contribution < 1.29 is 28.6 Å². The summed E-state index contributed by atoms with van der Waals surface area (Å²) in [4.78, 5) is 36.2. The second kappa shape index (κ2) is 10.0. The first-order chi connectivity index (χ1) is 15.2. The van der Waals surface area contributed by atoms with Crippen molar-refractivity contribution in [2.75, 3.05) is 18.7 Å². The van der Waals surface area contributed by atoms with Crippen LogP contribution < -0.4 is 25.4 Å². The first kappa shape index (κ1) is 22.9. The normalized spacial score (nSPS) is 12.1. The van der Waals surface area contributed by atoms with E-state index in [-0.39, 0.29) is 38.1 Å². The van der Waals surface area contributed by atoms with E-state index in [1.807, 2.05) is 6.07 Å². The van der Waals surface area contributed by atoms with Crippen molar-refractivity contribution in [1.29, 1.82) is 0 Å². The number of carbonyl (C=O) groups is 3. The Labute approximate surface area is 186 Å². The molecule has 0 fully saturated rings. The van der Waals surface area contributed by atoms with Gasteiger partial charge in [0, 0.05) is 30.8 Å². The van der Waals surface area contributed by atoms with E-state index in [9.17, 15) is 14.4 Å². The molecule has 0 aliphatic carbocycles. The Bertz CT molecular complexity index is 999. The summed E-state index contributed by atoms with van der Waals surface area (Å²) in [6.07, 6.45) is -0.463. The lowest BCUT2D eigenvalue weighted by Gasteiger charge is -2.19. The van der Waals surface area contributed by atoms with Crippen molar-refractivity contribution in [2.45, 2.75) is 39.3 Å². The highest BCUT2D eigenvalue weighted by Gasteiger charge is 2.17. The summed E-state index contributed by atoms with van der Waals surface area (Å²) >= 11 is 0. The van der Waals surface area contributed by atoms with Gasteiger partial charge in [-0.3, -0.25) is 9.59 Å². The average Bonchev–Trinajstić information content (AvgIpc) is 3.19. The Morgan fingerprint density at radius 3 is 2.56 bits per heavy atom. The molecule has 0 saturated heterocycles. The summed E-state index contributed by atoms with van der Waals surface area (Å²) in [6.45, 7) is 5.90. The van der Waals surface area contributed by atoms with E-state index < -0.39 is 11.7 Å². The van der Waals surface area contributed by atoms with Gasteiger partial charge in [-0.1, -0.05) is 12.1 Å². The van der Waals surface area contributed by atoms with Crippen molar-refractivity contribution >= 4 is 23.6 Å². The second-order valence-corrected chi connectivity index (χ2v) is 8.18. The summed E-state index contributed by atoms with van der Waals surface area (Å²) in [5, 5.41) is 8.17. The Morgan fingerprint density at radius 1 is 1.00 bits per heavy atom. The largest absolute Gasteiger partial charge is 0.454 e. The van der Waals surface area contributed by atoms with E-state index in [2.05, 4.69) is 16.0 Å². The maximum atomic E-state index is 12.4. The minimum absolute atomic E-state index is 0.102. The van der Waals surface area contributed by atoms with Gasteiger partial charge in [0.1, 0.15) is 5.60 Å². The van der Waals surface area contributed by atoms with Crippen LogP contribution in [-0.4, -0.2) is 36.8 Å². The van der Waals surface area contributed by atoms with Gasteiger partial charge in [-0.15, -0.1) is 0 Å². The monoisotopic (exact) mass is 441 g/mol. The van der Waals surface area contributed by atoms with Crippen molar-refractivity contribution in [3.05, 3.63) is 53.6 Å². The standard InChI is InChI=1S/C23H27N3O6/c1-23(2,3)32-22(29)24-10-9-20(27)26-17-6-4-5-15(11-17)13-25-21(28)16-7-8-18-19(12-16)31-14-30-18/h4-8,11-12H,9-10,13-14H2,1-3H3,(H,24,29)(H,25,28)(H,26,27). The third-order valence-electron chi connectivity index (χ3n) is 4.32. The number of hydrogen-bond donors (Lipinski definition) is 3. The van der Waals surface area contributed by atoms with Gasteiger partial charge in [0.15, 0.2) is 11.5 Å². The smallest absolute Gasteiger partial charge is 0.407 e. The Kier molecular flexibility index (Phi) is 7.19. The molecule has 0 spiro atoms. The van der Waals surface area contributed by atoms with Crippen molar-refractivity contribution in [3.8, 4) is 11.5 Å². The van der Waals surface area contributed by atoms with Gasteiger partial charge >= 0.3 is 6.09 Å². The van der Waals surface area contributed by atoms with Gasteiger partial charge in [-0.05, 0) is 56.7 Å². The number of hydrogen-bond acceptors (Lipinski definition) is 6.